The normalized spacial score (nSPS) is 11.1. The zero-order valence-corrected chi connectivity index (χ0v) is 15.4. The number of aromatic nitrogens is 2. The summed E-state index contributed by atoms with van der Waals surface area (Å²) in [5.41, 5.74) is -0.0249. The lowest BCUT2D eigenvalue weighted by Gasteiger charge is -2.13. The van der Waals surface area contributed by atoms with Crippen LogP contribution in [-0.4, -0.2) is 34.0 Å². The number of anilines is 3. The number of nitrogens with zero attached hydrogens (tertiary/aromatic N) is 2. The minimum absolute atomic E-state index is 0.0647. The molecular formula is C19H13F5N4O3. The predicted molar refractivity (Wildman–Crippen MR) is 99.9 cm³/mol. The Balaban J connectivity index is 2.00. The van der Waals surface area contributed by atoms with E-state index in [9.17, 15) is 26.7 Å². The molecule has 3 rings (SSSR count). The zero-order valence-electron chi connectivity index (χ0n) is 15.4. The summed E-state index contributed by atoms with van der Waals surface area (Å²) in [5, 5.41) is 13.8. The molecule has 0 unspecified atom stereocenters. The van der Waals surface area contributed by atoms with Gasteiger partial charge < -0.3 is 20.5 Å². The van der Waals surface area contributed by atoms with Crippen LogP contribution in [0.4, 0.5) is 39.4 Å². The van der Waals surface area contributed by atoms with Gasteiger partial charge in [0.1, 0.15) is 29.7 Å². The third-order valence-corrected chi connectivity index (χ3v) is 3.68. The van der Waals surface area contributed by atoms with Gasteiger partial charge in [0, 0.05) is 17.7 Å². The summed E-state index contributed by atoms with van der Waals surface area (Å²) >= 11 is 0. The molecule has 3 aromatic rings. The number of carboxylic acids is 1. The summed E-state index contributed by atoms with van der Waals surface area (Å²) in [4.78, 5) is 18.9. The lowest BCUT2D eigenvalue weighted by molar-refractivity contribution is -0.274. The standard InChI is InChI=1S/C19H13F5N4O3/c20-11-4-5-13(21)15(7-11)26-16-8-14(27-18(28-16)25-9-17(29)30)10-2-1-3-12(6-10)31-19(22,23)24/h1-8H,9H2,(H,29,30)(H2,25,26,27,28). The number of carboxylic acid groups (broad SMARTS) is 1. The van der Waals surface area contributed by atoms with Crippen molar-refractivity contribution in [2.24, 2.45) is 0 Å². The van der Waals surface area contributed by atoms with Crippen molar-refractivity contribution in [3.63, 3.8) is 0 Å². The van der Waals surface area contributed by atoms with Gasteiger partial charge in [-0.2, -0.15) is 4.98 Å². The first kappa shape index (κ1) is 21.7. The Morgan fingerprint density at radius 3 is 2.55 bits per heavy atom. The van der Waals surface area contributed by atoms with Crippen LogP contribution in [0.15, 0.2) is 48.5 Å². The summed E-state index contributed by atoms with van der Waals surface area (Å²) in [6.07, 6.45) is -4.90. The topological polar surface area (TPSA) is 96.4 Å². The van der Waals surface area contributed by atoms with Gasteiger partial charge in [-0.3, -0.25) is 4.79 Å². The molecule has 0 aliphatic heterocycles. The van der Waals surface area contributed by atoms with Crippen LogP contribution in [0.5, 0.6) is 5.75 Å². The third-order valence-electron chi connectivity index (χ3n) is 3.68. The molecule has 12 heteroatoms. The van der Waals surface area contributed by atoms with Crippen LogP contribution in [0.2, 0.25) is 0 Å². The molecule has 3 N–H and O–H groups in total. The summed E-state index contributed by atoms with van der Waals surface area (Å²) in [6, 6.07) is 8.81. The first-order chi connectivity index (χ1) is 14.6. The number of carbonyl (C=O) groups is 1. The van der Waals surface area contributed by atoms with Crippen LogP contribution >= 0.6 is 0 Å². The van der Waals surface area contributed by atoms with Gasteiger partial charge in [0.25, 0.3) is 0 Å². The van der Waals surface area contributed by atoms with Crippen LogP contribution in [0.25, 0.3) is 11.3 Å². The van der Waals surface area contributed by atoms with Crippen molar-refractivity contribution in [1.29, 1.82) is 0 Å². The van der Waals surface area contributed by atoms with Crippen molar-refractivity contribution in [3.05, 3.63) is 60.2 Å². The van der Waals surface area contributed by atoms with Gasteiger partial charge in [-0.1, -0.05) is 12.1 Å². The second-order valence-corrected chi connectivity index (χ2v) is 6.03. The number of ether oxygens (including phenoxy) is 1. The van der Waals surface area contributed by atoms with Crippen LogP contribution < -0.4 is 15.4 Å². The maximum absolute atomic E-state index is 14.0. The predicted octanol–water partition coefficient (Wildman–Crippen LogP) is 4.56. The van der Waals surface area contributed by atoms with E-state index >= 15 is 0 Å². The molecule has 2 aromatic carbocycles. The largest absolute Gasteiger partial charge is 0.573 e. The maximum atomic E-state index is 14.0. The quantitative estimate of drug-likeness (QED) is 0.464. The number of alkyl halides is 3. The number of nitrogens with one attached hydrogen (secondary N) is 2. The van der Waals surface area contributed by atoms with Crippen molar-refractivity contribution in [1.82, 2.24) is 9.97 Å². The molecule has 162 valence electrons. The summed E-state index contributed by atoms with van der Waals surface area (Å²) in [6.45, 7) is -0.561. The lowest BCUT2D eigenvalue weighted by atomic mass is 10.1. The fraction of sp³-hybridized carbons (Fsp3) is 0.105. The van der Waals surface area contributed by atoms with Gasteiger partial charge >= 0.3 is 12.3 Å². The van der Waals surface area contributed by atoms with Gasteiger partial charge in [0.2, 0.25) is 5.95 Å². The van der Waals surface area contributed by atoms with E-state index in [1.165, 1.54) is 18.2 Å². The minimum Gasteiger partial charge on any atom is -0.480 e. The van der Waals surface area contributed by atoms with E-state index < -0.39 is 36.3 Å². The highest BCUT2D eigenvalue weighted by Gasteiger charge is 2.31. The molecule has 0 spiro atoms. The Morgan fingerprint density at radius 2 is 1.84 bits per heavy atom. The molecule has 0 fully saturated rings. The molecule has 0 aliphatic carbocycles. The molecule has 0 radical (unpaired) electrons. The van der Waals surface area contributed by atoms with E-state index in [-0.39, 0.29) is 28.7 Å². The van der Waals surface area contributed by atoms with E-state index in [1.54, 1.807) is 0 Å². The van der Waals surface area contributed by atoms with Crippen molar-refractivity contribution in [2.45, 2.75) is 6.36 Å². The molecule has 7 nitrogen and oxygen atoms in total. The second-order valence-electron chi connectivity index (χ2n) is 6.03. The number of aliphatic carboxylic acids is 1. The molecule has 1 heterocycles. The van der Waals surface area contributed by atoms with E-state index in [0.29, 0.717) is 0 Å². The summed E-state index contributed by atoms with van der Waals surface area (Å²) in [5.74, 6) is -3.51. The minimum atomic E-state index is -4.90. The first-order valence-electron chi connectivity index (χ1n) is 8.52. The Kier molecular flexibility index (Phi) is 6.18. The number of halogens is 5. The Hall–Kier alpha value is -3.96. The van der Waals surface area contributed by atoms with Gasteiger partial charge in [-0.15, -0.1) is 13.2 Å². The number of hydrogen-bond donors (Lipinski definition) is 3. The van der Waals surface area contributed by atoms with Crippen molar-refractivity contribution >= 4 is 23.4 Å². The van der Waals surface area contributed by atoms with Crippen LogP contribution in [0.1, 0.15) is 0 Å². The zero-order chi connectivity index (χ0) is 22.6. The van der Waals surface area contributed by atoms with Crippen molar-refractivity contribution in [2.75, 3.05) is 17.2 Å². The summed E-state index contributed by atoms with van der Waals surface area (Å²) < 4.78 is 68.8. The van der Waals surface area contributed by atoms with Gasteiger partial charge in [-0.05, 0) is 24.3 Å². The van der Waals surface area contributed by atoms with Gasteiger partial charge in [0.05, 0.1) is 11.4 Å². The lowest BCUT2D eigenvalue weighted by Crippen LogP contribution is -2.17. The summed E-state index contributed by atoms with van der Waals surface area (Å²) in [7, 11) is 0. The number of rotatable bonds is 7. The molecule has 31 heavy (non-hydrogen) atoms. The first-order valence-corrected chi connectivity index (χ1v) is 8.52. The molecule has 0 saturated heterocycles. The Bertz CT molecular complexity index is 1110. The average molecular weight is 440 g/mol. The molecule has 0 bridgehead atoms. The molecule has 0 atom stereocenters. The van der Waals surface area contributed by atoms with Gasteiger partial charge in [-0.25, -0.2) is 13.8 Å². The highest BCUT2D eigenvalue weighted by atomic mass is 19.4. The van der Waals surface area contributed by atoms with E-state index in [2.05, 4.69) is 25.3 Å². The smallest absolute Gasteiger partial charge is 0.480 e. The molecular weight excluding hydrogens is 427 g/mol. The monoisotopic (exact) mass is 440 g/mol. The van der Waals surface area contributed by atoms with Gasteiger partial charge in [0.15, 0.2) is 0 Å². The van der Waals surface area contributed by atoms with Crippen molar-refractivity contribution < 1.29 is 36.6 Å². The van der Waals surface area contributed by atoms with Crippen LogP contribution in [-0.2, 0) is 4.79 Å². The fourth-order valence-electron chi connectivity index (χ4n) is 2.48. The van der Waals surface area contributed by atoms with E-state index in [0.717, 1.165) is 30.3 Å². The Morgan fingerprint density at radius 1 is 1.06 bits per heavy atom. The highest BCUT2D eigenvalue weighted by Crippen LogP contribution is 2.29. The molecule has 0 amide bonds. The fourth-order valence-corrected chi connectivity index (χ4v) is 2.48. The second kappa shape index (κ2) is 8.81. The number of hydrogen-bond acceptors (Lipinski definition) is 6. The van der Waals surface area contributed by atoms with E-state index in [1.807, 2.05) is 0 Å². The average Bonchev–Trinajstić information content (AvgIpc) is 2.68. The Labute approximate surface area is 171 Å². The third kappa shape index (κ3) is 6.26. The van der Waals surface area contributed by atoms with Crippen LogP contribution in [0.3, 0.4) is 0 Å². The number of benzene rings is 2. The SMILES string of the molecule is O=C(O)CNc1nc(Nc2cc(F)ccc2F)cc(-c2cccc(OC(F)(F)F)c2)n1. The maximum Gasteiger partial charge on any atom is 0.573 e. The highest BCUT2D eigenvalue weighted by molar-refractivity contribution is 5.73. The van der Waals surface area contributed by atoms with Crippen LogP contribution in [0, 0.1) is 11.6 Å². The molecule has 1 aromatic heterocycles. The molecule has 0 aliphatic rings. The van der Waals surface area contributed by atoms with E-state index in [4.69, 9.17) is 5.11 Å². The molecule has 0 saturated carbocycles. The van der Waals surface area contributed by atoms with Crippen molar-refractivity contribution in [3.8, 4) is 17.0 Å².